The number of hydrogen-bond donors (Lipinski definition) is 0. The van der Waals surface area contributed by atoms with E-state index in [0.717, 1.165) is 31.7 Å². The summed E-state index contributed by atoms with van der Waals surface area (Å²) in [7, 11) is 0. The minimum Gasteiger partial charge on any atom is -0.207 e. The van der Waals surface area contributed by atoms with E-state index in [1.807, 2.05) is 0 Å². The molecule has 1 aromatic rings. The molecule has 1 aromatic carbocycles. The smallest absolute Gasteiger partial charge is 0.161 e. The number of hydrogen-bond acceptors (Lipinski definition) is 0. The van der Waals surface area contributed by atoms with Crippen molar-refractivity contribution in [2.75, 3.05) is 0 Å². The van der Waals surface area contributed by atoms with Gasteiger partial charge in [0.2, 0.25) is 0 Å². The van der Waals surface area contributed by atoms with Gasteiger partial charge in [-0.05, 0) is 49.0 Å². The Morgan fingerprint density at radius 1 is 0.952 bits per heavy atom. The Morgan fingerprint density at radius 3 is 2.00 bits per heavy atom. The average Bonchev–Trinajstić information content (AvgIpc) is 2.41. The summed E-state index contributed by atoms with van der Waals surface area (Å²) in [6.45, 7) is 6.68. The second kappa shape index (κ2) is 6.20. The van der Waals surface area contributed by atoms with Gasteiger partial charge in [-0.1, -0.05) is 20.8 Å². The van der Waals surface area contributed by atoms with Crippen LogP contribution in [0.25, 0.3) is 0 Å². The fraction of sp³-hybridized carbons (Fsp3) is 0.647. The summed E-state index contributed by atoms with van der Waals surface area (Å²) in [5.74, 6) is -2.22. The van der Waals surface area contributed by atoms with Crippen LogP contribution in [-0.2, 0) is 0 Å². The molecule has 4 heteroatoms. The summed E-state index contributed by atoms with van der Waals surface area (Å²) in [5, 5.41) is -0.596. The Kier molecular flexibility index (Phi) is 4.92. The zero-order valence-corrected chi connectivity index (χ0v) is 13.5. The molecule has 21 heavy (non-hydrogen) atoms. The monoisotopic (exact) mass is 318 g/mol. The highest BCUT2D eigenvalue weighted by molar-refractivity contribution is 6.21. The van der Waals surface area contributed by atoms with Gasteiger partial charge < -0.3 is 0 Å². The minimum atomic E-state index is -1.17. The first-order valence-corrected chi connectivity index (χ1v) is 7.92. The normalized spacial score (nSPS) is 24.9. The highest BCUT2D eigenvalue weighted by Crippen LogP contribution is 2.45. The molecule has 1 aliphatic rings. The predicted octanol–water partition coefficient (Wildman–Crippen LogP) is 6.24. The van der Waals surface area contributed by atoms with E-state index in [1.54, 1.807) is 0 Å². The third kappa shape index (κ3) is 3.74. The average molecular weight is 319 g/mol. The van der Waals surface area contributed by atoms with Crippen LogP contribution in [0.2, 0.25) is 0 Å². The SMILES string of the molecule is CC(C)(C)C1CCC(C(Cl)c2cc(F)c(F)cc2F)CC1. The van der Waals surface area contributed by atoms with E-state index < -0.39 is 22.8 Å². The molecule has 1 unspecified atom stereocenters. The van der Waals surface area contributed by atoms with Gasteiger partial charge >= 0.3 is 0 Å². The van der Waals surface area contributed by atoms with E-state index in [2.05, 4.69) is 20.8 Å². The Labute approximate surface area is 129 Å². The topological polar surface area (TPSA) is 0 Å². The molecule has 0 heterocycles. The fourth-order valence-corrected chi connectivity index (χ4v) is 3.70. The lowest BCUT2D eigenvalue weighted by atomic mass is 9.69. The van der Waals surface area contributed by atoms with Crippen LogP contribution >= 0.6 is 11.6 Å². The van der Waals surface area contributed by atoms with E-state index in [4.69, 9.17) is 11.6 Å². The molecular weight excluding hydrogens is 297 g/mol. The van der Waals surface area contributed by atoms with E-state index in [0.29, 0.717) is 12.0 Å². The fourth-order valence-electron chi connectivity index (χ4n) is 3.28. The van der Waals surface area contributed by atoms with Crippen LogP contribution in [0.4, 0.5) is 13.2 Å². The maximum Gasteiger partial charge on any atom is 0.161 e. The minimum absolute atomic E-state index is 0.0785. The van der Waals surface area contributed by atoms with Gasteiger partial charge in [-0.15, -0.1) is 11.6 Å². The zero-order chi connectivity index (χ0) is 15.8. The van der Waals surface area contributed by atoms with Crippen molar-refractivity contribution < 1.29 is 13.2 Å². The van der Waals surface area contributed by atoms with Gasteiger partial charge in [0.25, 0.3) is 0 Å². The van der Waals surface area contributed by atoms with E-state index >= 15 is 0 Å². The van der Waals surface area contributed by atoms with Crippen LogP contribution < -0.4 is 0 Å². The van der Waals surface area contributed by atoms with Gasteiger partial charge in [-0.3, -0.25) is 0 Å². The standard InChI is InChI=1S/C17H22ClF3/c1-17(2,3)11-6-4-10(5-7-11)16(18)12-8-14(20)15(21)9-13(12)19/h8-11,16H,4-7H2,1-3H3. The lowest BCUT2D eigenvalue weighted by molar-refractivity contribution is 0.147. The number of rotatable bonds is 2. The van der Waals surface area contributed by atoms with Gasteiger partial charge in [-0.25, -0.2) is 13.2 Å². The van der Waals surface area contributed by atoms with Crippen molar-refractivity contribution in [3.8, 4) is 0 Å². The number of halogens is 4. The van der Waals surface area contributed by atoms with Crippen molar-refractivity contribution in [1.82, 2.24) is 0 Å². The molecule has 0 saturated heterocycles. The van der Waals surface area contributed by atoms with Crippen LogP contribution in [0.3, 0.4) is 0 Å². The molecule has 1 fully saturated rings. The third-order valence-electron chi connectivity index (χ3n) is 4.75. The molecule has 118 valence electrons. The first-order valence-electron chi connectivity index (χ1n) is 7.48. The molecule has 2 rings (SSSR count). The zero-order valence-electron chi connectivity index (χ0n) is 12.7. The second-order valence-electron chi connectivity index (χ2n) is 7.17. The maximum atomic E-state index is 13.8. The molecule has 0 aromatic heterocycles. The van der Waals surface area contributed by atoms with Crippen molar-refractivity contribution >= 4 is 11.6 Å². The lowest BCUT2D eigenvalue weighted by Gasteiger charge is -2.38. The third-order valence-corrected chi connectivity index (χ3v) is 5.34. The molecule has 0 spiro atoms. The van der Waals surface area contributed by atoms with Crippen LogP contribution in [0.5, 0.6) is 0 Å². The van der Waals surface area contributed by atoms with E-state index in [-0.39, 0.29) is 16.9 Å². The molecule has 0 amide bonds. The van der Waals surface area contributed by atoms with Crippen molar-refractivity contribution in [3.05, 3.63) is 35.1 Å². The largest absolute Gasteiger partial charge is 0.207 e. The Hall–Kier alpha value is -0.700. The predicted molar refractivity (Wildman–Crippen MR) is 79.8 cm³/mol. The molecular formula is C17H22ClF3. The Balaban J connectivity index is 2.09. The van der Waals surface area contributed by atoms with Crippen molar-refractivity contribution in [2.45, 2.75) is 51.8 Å². The van der Waals surface area contributed by atoms with Gasteiger partial charge in [0, 0.05) is 11.6 Å². The van der Waals surface area contributed by atoms with Crippen molar-refractivity contribution in [3.63, 3.8) is 0 Å². The molecule has 0 radical (unpaired) electrons. The molecule has 1 atom stereocenters. The summed E-state index contributed by atoms with van der Waals surface area (Å²) in [6.07, 6.45) is 3.88. The van der Waals surface area contributed by atoms with Crippen LogP contribution in [-0.4, -0.2) is 0 Å². The summed E-state index contributed by atoms with van der Waals surface area (Å²) in [5.41, 5.74) is 0.342. The molecule has 1 aliphatic carbocycles. The van der Waals surface area contributed by atoms with Crippen LogP contribution in [0.1, 0.15) is 57.4 Å². The first kappa shape index (κ1) is 16.7. The quantitative estimate of drug-likeness (QED) is 0.447. The maximum absolute atomic E-state index is 13.8. The molecule has 1 saturated carbocycles. The highest BCUT2D eigenvalue weighted by Gasteiger charge is 2.33. The van der Waals surface area contributed by atoms with E-state index in [1.165, 1.54) is 0 Å². The van der Waals surface area contributed by atoms with Gasteiger partial charge in [0.05, 0.1) is 5.38 Å². The highest BCUT2D eigenvalue weighted by atomic mass is 35.5. The Morgan fingerprint density at radius 2 is 1.48 bits per heavy atom. The lowest BCUT2D eigenvalue weighted by Crippen LogP contribution is -2.27. The molecule has 0 N–H and O–H groups in total. The summed E-state index contributed by atoms with van der Waals surface area (Å²) >= 11 is 6.35. The summed E-state index contributed by atoms with van der Waals surface area (Å²) in [4.78, 5) is 0. The van der Waals surface area contributed by atoms with Crippen molar-refractivity contribution in [2.24, 2.45) is 17.3 Å². The van der Waals surface area contributed by atoms with Gasteiger partial charge in [0.15, 0.2) is 11.6 Å². The van der Waals surface area contributed by atoms with E-state index in [9.17, 15) is 13.2 Å². The number of benzene rings is 1. The van der Waals surface area contributed by atoms with Gasteiger partial charge in [0.1, 0.15) is 5.82 Å². The summed E-state index contributed by atoms with van der Waals surface area (Å²) < 4.78 is 40.1. The van der Waals surface area contributed by atoms with Crippen LogP contribution in [0, 0.1) is 34.7 Å². The summed E-state index contributed by atoms with van der Waals surface area (Å²) in [6, 6.07) is 1.49. The first-order chi connectivity index (χ1) is 9.70. The van der Waals surface area contributed by atoms with Crippen molar-refractivity contribution in [1.29, 1.82) is 0 Å². The number of alkyl halides is 1. The molecule has 0 nitrogen and oxygen atoms in total. The second-order valence-corrected chi connectivity index (χ2v) is 7.64. The van der Waals surface area contributed by atoms with Gasteiger partial charge in [-0.2, -0.15) is 0 Å². The van der Waals surface area contributed by atoms with Crippen LogP contribution in [0.15, 0.2) is 12.1 Å². The molecule has 0 aliphatic heterocycles. The molecule has 0 bridgehead atoms. The Bertz CT molecular complexity index is 499.